The first-order valence-electron chi connectivity index (χ1n) is 8.91. The number of anilines is 1. The third kappa shape index (κ3) is 4.37. The normalized spacial score (nSPS) is 15.5. The maximum absolute atomic E-state index is 12.8. The van der Waals surface area contributed by atoms with Gasteiger partial charge in [-0.15, -0.1) is 0 Å². The summed E-state index contributed by atoms with van der Waals surface area (Å²) in [6, 6.07) is 12.1. The Bertz CT molecular complexity index is 935. The second-order valence-corrected chi connectivity index (χ2v) is 8.51. The highest BCUT2D eigenvalue weighted by atomic mass is 32.2. The molecular weight excluding hydrogens is 364 g/mol. The molecule has 0 saturated carbocycles. The van der Waals surface area contributed by atoms with Crippen molar-refractivity contribution in [3.05, 3.63) is 59.2 Å². The highest BCUT2D eigenvalue weighted by Crippen LogP contribution is 2.20. The molecule has 1 saturated heterocycles. The van der Waals surface area contributed by atoms with E-state index < -0.39 is 10.0 Å². The molecule has 27 heavy (non-hydrogen) atoms. The van der Waals surface area contributed by atoms with E-state index in [1.165, 1.54) is 16.4 Å². The molecule has 0 aromatic heterocycles. The lowest BCUT2D eigenvalue weighted by molar-refractivity contribution is 0.0730. The molecule has 0 unspecified atom stereocenters. The molecule has 1 heterocycles. The predicted molar refractivity (Wildman–Crippen MR) is 105 cm³/mol. The van der Waals surface area contributed by atoms with Crippen LogP contribution >= 0.6 is 0 Å². The van der Waals surface area contributed by atoms with Crippen LogP contribution in [0.3, 0.4) is 0 Å². The number of nitrogens with one attached hydrogen (secondary N) is 1. The van der Waals surface area contributed by atoms with Crippen molar-refractivity contribution in [1.29, 1.82) is 0 Å². The lowest BCUT2D eigenvalue weighted by atomic mass is 10.1. The van der Waals surface area contributed by atoms with Gasteiger partial charge in [0.2, 0.25) is 10.0 Å². The van der Waals surface area contributed by atoms with Gasteiger partial charge in [0.15, 0.2) is 5.78 Å². The minimum atomic E-state index is -3.62. The van der Waals surface area contributed by atoms with E-state index in [1.54, 1.807) is 12.1 Å². The van der Waals surface area contributed by atoms with Crippen LogP contribution < -0.4 is 5.32 Å². The minimum Gasteiger partial charge on any atom is -0.379 e. The molecular formula is C20H24N2O4S. The van der Waals surface area contributed by atoms with Gasteiger partial charge in [-0.3, -0.25) is 4.79 Å². The monoisotopic (exact) mass is 388 g/mol. The van der Waals surface area contributed by atoms with Gasteiger partial charge in [0.1, 0.15) is 0 Å². The number of hydrogen-bond acceptors (Lipinski definition) is 5. The Hall–Kier alpha value is -2.22. The summed E-state index contributed by atoms with van der Waals surface area (Å²) < 4.78 is 32.1. The molecule has 0 atom stereocenters. The highest BCUT2D eigenvalue weighted by Gasteiger charge is 2.26. The van der Waals surface area contributed by atoms with Crippen molar-refractivity contribution in [1.82, 2.24) is 4.31 Å². The van der Waals surface area contributed by atoms with E-state index in [0.29, 0.717) is 31.9 Å². The number of carbonyl (C=O) groups is 1. The predicted octanol–water partition coefficient (Wildman–Crippen LogP) is 2.62. The second-order valence-electron chi connectivity index (χ2n) is 6.57. The number of benzene rings is 2. The molecule has 3 rings (SSSR count). The first-order valence-corrected chi connectivity index (χ1v) is 10.3. The van der Waals surface area contributed by atoms with E-state index in [0.717, 1.165) is 16.8 Å². The topological polar surface area (TPSA) is 75.7 Å². The fraction of sp³-hybridized carbons (Fsp3) is 0.350. The Kier molecular flexibility index (Phi) is 5.94. The third-order valence-electron chi connectivity index (χ3n) is 4.81. The van der Waals surface area contributed by atoms with Crippen molar-refractivity contribution < 1.29 is 17.9 Å². The molecule has 6 nitrogen and oxygen atoms in total. The molecule has 7 heteroatoms. The Morgan fingerprint density at radius 2 is 1.81 bits per heavy atom. The van der Waals surface area contributed by atoms with Crippen molar-refractivity contribution in [2.24, 2.45) is 0 Å². The number of rotatable bonds is 6. The van der Waals surface area contributed by atoms with Crippen LogP contribution in [-0.4, -0.2) is 51.4 Å². The summed E-state index contributed by atoms with van der Waals surface area (Å²) in [7, 11) is -3.62. The number of carbonyl (C=O) groups excluding carboxylic acids is 1. The van der Waals surface area contributed by atoms with Gasteiger partial charge in [-0.25, -0.2) is 8.42 Å². The van der Waals surface area contributed by atoms with Crippen LogP contribution in [0, 0.1) is 13.8 Å². The molecule has 0 bridgehead atoms. The molecule has 1 aliphatic heterocycles. The molecule has 144 valence electrons. The molecule has 1 aliphatic rings. The van der Waals surface area contributed by atoms with Gasteiger partial charge in [0.05, 0.1) is 24.7 Å². The highest BCUT2D eigenvalue weighted by molar-refractivity contribution is 7.89. The largest absolute Gasteiger partial charge is 0.379 e. The van der Waals surface area contributed by atoms with Crippen LogP contribution in [0.15, 0.2) is 47.4 Å². The fourth-order valence-corrected chi connectivity index (χ4v) is 4.44. The van der Waals surface area contributed by atoms with Crippen LogP contribution in [0.1, 0.15) is 21.5 Å². The third-order valence-corrected chi connectivity index (χ3v) is 6.70. The molecule has 0 radical (unpaired) electrons. The zero-order chi connectivity index (χ0) is 19.4. The minimum absolute atomic E-state index is 0.103. The second kappa shape index (κ2) is 8.21. The molecule has 0 spiro atoms. The van der Waals surface area contributed by atoms with Gasteiger partial charge in [-0.1, -0.05) is 24.3 Å². The van der Waals surface area contributed by atoms with Crippen LogP contribution in [0.2, 0.25) is 0 Å². The average Bonchev–Trinajstić information content (AvgIpc) is 2.69. The smallest absolute Gasteiger partial charge is 0.243 e. The van der Waals surface area contributed by atoms with Gasteiger partial charge < -0.3 is 10.1 Å². The van der Waals surface area contributed by atoms with Gasteiger partial charge >= 0.3 is 0 Å². The maximum Gasteiger partial charge on any atom is 0.243 e. The summed E-state index contributed by atoms with van der Waals surface area (Å²) in [6.07, 6.45) is 0. The summed E-state index contributed by atoms with van der Waals surface area (Å²) in [5.41, 5.74) is 3.52. The summed E-state index contributed by atoms with van der Waals surface area (Å²) in [5.74, 6) is -0.157. The zero-order valence-electron chi connectivity index (χ0n) is 15.6. The van der Waals surface area contributed by atoms with Crippen LogP contribution in [0.25, 0.3) is 0 Å². The molecule has 0 amide bonds. The maximum atomic E-state index is 12.8. The number of sulfonamides is 1. The van der Waals surface area contributed by atoms with Crippen LogP contribution in [0.4, 0.5) is 5.69 Å². The summed E-state index contributed by atoms with van der Waals surface area (Å²) in [6.45, 7) is 5.55. The number of ketones is 1. The lowest BCUT2D eigenvalue weighted by Gasteiger charge is -2.26. The fourth-order valence-electron chi connectivity index (χ4n) is 2.99. The van der Waals surface area contributed by atoms with Crippen molar-refractivity contribution >= 4 is 21.5 Å². The molecule has 0 aliphatic carbocycles. The van der Waals surface area contributed by atoms with Gasteiger partial charge in [0, 0.05) is 24.3 Å². The van der Waals surface area contributed by atoms with Crippen molar-refractivity contribution in [2.45, 2.75) is 18.7 Å². The first-order chi connectivity index (χ1) is 12.9. The van der Waals surface area contributed by atoms with Crippen molar-refractivity contribution in [2.75, 3.05) is 38.2 Å². The number of nitrogens with zero attached hydrogens (tertiary/aromatic N) is 1. The van der Waals surface area contributed by atoms with Gasteiger partial charge in [-0.2, -0.15) is 4.31 Å². The standard InChI is InChI=1S/C20H24N2O4S/c1-15-5-3-8-19(16(15)2)21-14-20(23)17-6-4-7-18(13-17)27(24,25)22-9-11-26-12-10-22/h3-8,13,21H,9-12,14H2,1-2H3. The van der Waals surface area contributed by atoms with E-state index in [1.807, 2.05) is 32.0 Å². The zero-order valence-corrected chi connectivity index (χ0v) is 16.4. The Labute approximate surface area is 160 Å². The van der Waals surface area contributed by atoms with E-state index in [4.69, 9.17) is 4.74 Å². The number of morpholine rings is 1. The quantitative estimate of drug-likeness (QED) is 0.770. The molecule has 1 fully saturated rings. The van der Waals surface area contributed by atoms with E-state index in [9.17, 15) is 13.2 Å². The van der Waals surface area contributed by atoms with Gasteiger partial charge in [0.25, 0.3) is 0 Å². The number of Topliss-reactive ketones (excluding diaryl/α,β-unsaturated/α-hetero) is 1. The SMILES string of the molecule is Cc1cccc(NCC(=O)c2cccc(S(=O)(=O)N3CCOCC3)c2)c1C. The lowest BCUT2D eigenvalue weighted by Crippen LogP contribution is -2.40. The summed E-state index contributed by atoms with van der Waals surface area (Å²) in [5, 5.41) is 3.15. The van der Waals surface area contributed by atoms with E-state index in [2.05, 4.69) is 5.32 Å². The summed E-state index contributed by atoms with van der Waals surface area (Å²) >= 11 is 0. The molecule has 2 aromatic rings. The number of ether oxygens (including phenoxy) is 1. The van der Waals surface area contributed by atoms with Gasteiger partial charge in [-0.05, 0) is 43.2 Å². The average molecular weight is 388 g/mol. The van der Waals surface area contributed by atoms with E-state index in [-0.39, 0.29) is 17.2 Å². The Morgan fingerprint density at radius 1 is 1.11 bits per heavy atom. The Morgan fingerprint density at radius 3 is 2.56 bits per heavy atom. The number of hydrogen-bond donors (Lipinski definition) is 1. The van der Waals surface area contributed by atoms with Crippen LogP contribution in [0.5, 0.6) is 0 Å². The van der Waals surface area contributed by atoms with Crippen molar-refractivity contribution in [3.63, 3.8) is 0 Å². The number of aryl methyl sites for hydroxylation is 1. The summed E-state index contributed by atoms with van der Waals surface area (Å²) in [4.78, 5) is 12.7. The molecule has 2 aromatic carbocycles. The Balaban J connectivity index is 1.74. The first kappa shape index (κ1) is 19.5. The van der Waals surface area contributed by atoms with E-state index >= 15 is 0 Å². The molecule has 1 N–H and O–H groups in total. The van der Waals surface area contributed by atoms with Crippen LogP contribution in [-0.2, 0) is 14.8 Å². The van der Waals surface area contributed by atoms with Crippen molar-refractivity contribution in [3.8, 4) is 0 Å².